The number of allylic oxidation sites excluding steroid dienone is 1. The Morgan fingerprint density at radius 1 is 0.828 bits per heavy atom. The fourth-order valence-corrected chi connectivity index (χ4v) is 6.23. The largest absolute Gasteiger partial charge is 0.496 e. The van der Waals surface area contributed by atoms with Crippen LogP contribution >= 0.6 is 0 Å². The summed E-state index contributed by atoms with van der Waals surface area (Å²) in [4.78, 5) is 13.0. The maximum Gasteiger partial charge on any atom is 0.196 e. The van der Waals surface area contributed by atoms with E-state index in [0.29, 0.717) is 28.7 Å². The summed E-state index contributed by atoms with van der Waals surface area (Å²) in [5.74, 6) is 4.76. The number of carbonyl (C=O) groups is 1. The van der Waals surface area contributed by atoms with Crippen LogP contribution in [-0.2, 0) is 4.74 Å². The van der Waals surface area contributed by atoms with Gasteiger partial charge >= 0.3 is 0 Å². The normalized spacial score (nSPS) is 27.0. The Morgan fingerprint density at radius 3 is 2.07 bits per heavy atom. The van der Waals surface area contributed by atoms with Crippen molar-refractivity contribution in [3.05, 3.63) is 70.8 Å². The van der Waals surface area contributed by atoms with E-state index in [1.54, 1.807) is 14.2 Å². The van der Waals surface area contributed by atoms with E-state index in [-0.39, 0.29) is 5.78 Å². The van der Waals surface area contributed by atoms with Crippen LogP contribution in [0.25, 0.3) is 5.76 Å². The highest BCUT2D eigenvalue weighted by Crippen LogP contribution is 2.58. The highest BCUT2D eigenvalue weighted by atomic mass is 16.5. The van der Waals surface area contributed by atoms with Gasteiger partial charge in [-0.25, -0.2) is 0 Å². The van der Waals surface area contributed by atoms with Crippen LogP contribution in [0.2, 0.25) is 0 Å². The summed E-state index contributed by atoms with van der Waals surface area (Å²) in [6, 6.07) is 15.3. The molecule has 3 heteroatoms. The number of methoxy groups -OCH3 is 2. The van der Waals surface area contributed by atoms with Crippen LogP contribution in [0.1, 0.15) is 53.6 Å². The Labute approximate surface area is 172 Å². The molecule has 0 atom stereocenters. The number of rotatable bonds is 5. The minimum atomic E-state index is -0.0183. The van der Waals surface area contributed by atoms with Gasteiger partial charge in [-0.05, 0) is 73.5 Å². The molecule has 4 fully saturated rings. The summed E-state index contributed by atoms with van der Waals surface area (Å²) < 4.78 is 11.6. The lowest BCUT2D eigenvalue weighted by Gasteiger charge is -2.51. The maximum atomic E-state index is 13.0. The Morgan fingerprint density at radius 2 is 1.48 bits per heavy atom. The van der Waals surface area contributed by atoms with Gasteiger partial charge in [0.2, 0.25) is 0 Å². The van der Waals surface area contributed by atoms with Crippen LogP contribution in [0.5, 0.6) is 5.75 Å². The minimum absolute atomic E-state index is 0.0183. The summed E-state index contributed by atoms with van der Waals surface area (Å²) in [6.07, 6.45) is 6.70. The SMILES string of the molecule is COC(=C1C2CC3CC(C2)CC1C3)c1ccc(C(=O)c2ccccc2)c(OC)c1. The summed E-state index contributed by atoms with van der Waals surface area (Å²) in [5.41, 5.74) is 3.80. The van der Waals surface area contributed by atoms with Crippen LogP contribution < -0.4 is 4.74 Å². The molecule has 150 valence electrons. The van der Waals surface area contributed by atoms with Crippen molar-refractivity contribution < 1.29 is 14.3 Å². The number of hydrogen-bond acceptors (Lipinski definition) is 3. The van der Waals surface area contributed by atoms with Crippen molar-refractivity contribution in [2.45, 2.75) is 32.1 Å². The lowest BCUT2D eigenvalue weighted by molar-refractivity contribution is 0.0675. The predicted octanol–water partition coefficient (Wildman–Crippen LogP) is 5.74. The second kappa shape index (κ2) is 7.37. The topological polar surface area (TPSA) is 35.5 Å². The molecule has 0 aliphatic heterocycles. The highest BCUT2D eigenvalue weighted by Gasteiger charge is 2.46. The zero-order valence-electron chi connectivity index (χ0n) is 17.2. The van der Waals surface area contributed by atoms with Gasteiger partial charge in [0.25, 0.3) is 0 Å². The molecule has 0 radical (unpaired) electrons. The molecule has 0 spiro atoms. The van der Waals surface area contributed by atoms with Crippen LogP contribution in [0, 0.1) is 23.7 Å². The molecule has 2 aromatic rings. The predicted molar refractivity (Wildman–Crippen MR) is 114 cm³/mol. The van der Waals surface area contributed by atoms with Gasteiger partial charge in [0.15, 0.2) is 5.78 Å². The van der Waals surface area contributed by atoms with Crippen molar-refractivity contribution in [3.63, 3.8) is 0 Å². The Hall–Kier alpha value is -2.55. The summed E-state index contributed by atoms with van der Waals surface area (Å²) >= 11 is 0. The van der Waals surface area contributed by atoms with E-state index in [0.717, 1.165) is 23.2 Å². The van der Waals surface area contributed by atoms with E-state index in [1.807, 2.05) is 48.5 Å². The molecule has 0 amide bonds. The van der Waals surface area contributed by atoms with Crippen molar-refractivity contribution in [2.75, 3.05) is 14.2 Å². The second-order valence-corrected chi connectivity index (χ2v) is 8.90. The smallest absolute Gasteiger partial charge is 0.196 e. The molecule has 2 aromatic carbocycles. The van der Waals surface area contributed by atoms with Crippen molar-refractivity contribution in [3.8, 4) is 5.75 Å². The van der Waals surface area contributed by atoms with Gasteiger partial charge in [-0.3, -0.25) is 4.79 Å². The lowest BCUT2D eigenvalue weighted by atomic mass is 9.54. The molecule has 4 saturated carbocycles. The van der Waals surface area contributed by atoms with Crippen molar-refractivity contribution in [2.24, 2.45) is 23.7 Å². The molecule has 4 bridgehead atoms. The van der Waals surface area contributed by atoms with Crippen LogP contribution in [0.4, 0.5) is 0 Å². The molecule has 0 aromatic heterocycles. The molecule has 4 aliphatic rings. The molecule has 0 unspecified atom stereocenters. The third-order valence-corrected chi connectivity index (χ3v) is 7.23. The van der Waals surface area contributed by atoms with E-state index in [2.05, 4.69) is 0 Å². The Bertz CT molecular complexity index is 927. The average molecular weight is 389 g/mol. The molecular formula is C26H28O3. The van der Waals surface area contributed by atoms with Gasteiger partial charge in [0.05, 0.1) is 19.8 Å². The summed E-state index contributed by atoms with van der Waals surface area (Å²) in [6.45, 7) is 0. The van der Waals surface area contributed by atoms with Crippen LogP contribution in [0.3, 0.4) is 0 Å². The molecule has 29 heavy (non-hydrogen) atoms. The zero-order valence-corrected chi connectivity index (χ0v) is 17.2. The minimum Gasteiger partial charge on any atom is -0.496 e. The van der Waals surface area contributed by atoms with Gasteiger partial charge in [0.1, 0.15) is 11.5 Å². The molecule has 6 rings (SSSR count). The van der Waals surface area contributed by atoms with Gasteiger partial charge in [0, 0.05) is 11.1 Å². The average Bonchev–Trinajstić information content (AvgIpc) is 2.75. The summed E-state index contributed by atoms with van der Waals surface area (Å²) in [7, 11) is 3.41. The summed E-state index contributed by atoms with van der Waals surface area (Å²) in [5, 5.41) is 0. The fraction of sp³-hybridized carbons (Fsp3) is 0.423. The highest BCUT2D eigenvalue weighted by molar-refractivity contribution is 6.10. The van der Waals surface area contributed by atoms with Gasteiger partial charge in [-0.15, -0.1) is 0 Å². The first-order chi connectivity index (χ1) is 14.2. The zero-order chi connectivity index (χ0) is 20.0. The number of ether oxygens (including phenoxy) is 2. The molecule has 3 nitrogen and oxygen atoms in total. The van der Waals surface area contributed by atoms with Crippen LogP contribution in [0.15, 0.2) is 54.1 Å². The number of hydrogen-bond donors (Lipinski definition) is 0. The van der Waals surface area contributed by atoms with E-state index >= 15 is 0 Å². The van der Waals surface area contributed by atoms with Crippen molar-refractivity contribution in [1.82, 2.24) is 0 Å². The number of benzene rings is 2. The lowest BCUT2D eigenvalue weighted by Crippen LogP contribution is -2.40. The van der Waals surface area contributed by atoms with Gasteiger partial charge in [-0.1, -0.05) is 36.4 Å². The van der Waals surface area contributed by atoms with Crippen LogP contribution in [-0.4, -0.2) is 20.0 Å². The fourth-order valence-electron chi connectivity index (χ4n) is 6.23. The van der Waals surface area contributed by atoms with Gasteiger partial charge < -0.3 is 9.47 Å². The van der Waals surface area contributed by atoms with E-state index in [4.69, 9.17) is 9.47 Å². The number of ketones is 1. The molecule has 0 saturated heterocycles. The standard InChI is InChI=1S/C26H28O3/c1-28-23-15-19(8-9-22(23)25(27)18-6-4-3-5-7-18)26(29-2)24-20-11-16-10-17(13-20)14-21(24)12-16/h3-9,15-17,20-21H,10-14H2,1-2H3. The molecule has 0 N–H and O–H groups in total. The molecular weight excluding hydrogens is 360 g/mol. The van der Waals surface area contributed by atoms with Crippen molar-refractivity contribution >= 4 is 11.5 Å². The first kappa shape index (κ1) is 18.5. The van der Waals surface area contributed by atoms with E-state index < -0.39 is 0 Å². The van der Waals surface area contributed by atoms with E-state index in [9.17, 15) is 4.79 Å². The second-order valence-electron chi connectivity index (χ2n) is 8.90. The Kier molecular flexibility index (Phi) is 4.69. The first-order valence-corrected chi connectivity index (χ1v) is 10.7. The van der Waals surface area contributed by atoms with Gasteiger partial charge in [-0.2, -0.15) is 0 Å². The van der Waals surface area contributed by atoms with Crippen molar-refractivity contribution in [1.29, 1.82) is 0 Å². The monoisotopic (exact) mass is 388 g/mol. The maximum absolute atomic E-state index is 13.0. The first-order valence-electron chi connectivity index (χ1n) is 10.7. The third kappa shape index (κ3) is 3.17. The number of carbonyl (C=O) groups excluding carboxylic acids is 1. The quantitative estimate of drug-likeness (QED) is 0.484. The molecule has 0 heterocycles. The third-order valence-electron chi connectivity index (χ3n) is 7.23. The molecule has 4 aliphatic carbocycles. The van der Waals surface area contributed by atoms with E-state index in [1.165, 1.54) is 37.7 Å². The Balaban J connectivity index is 1.53.